The van der Waals surface area contributed by atoms with E-state index < -0.39 is 10.0 Å². The first kappa shape index (κ1) is 16.6. The van der Waals surface area contributed by atoms with Gasteiger partial charge in [0.25, 0.3) is 10.0 Å². The van der Waals surface area contributed by atoms with Crippen LogP contribution in [0.1, 0.15) is 11.1 Å². The molecule has 0 fully saturated rings. The second-order valence-electron chi connectivity index (χ2n) is 5.03. The molecule has 0 aliphatic carbocycles. The van der Waals surface area contributed by atoms with Gasteiger partial charge in [0.1, 0.15) is 4.90 Å². The quantitative estimate of drug-likeness (QED) is 0.666. The van der Waals surface area contributed by atoms with Crippen molar-refractivity contribution >= 4 is 33.7 Å². The number of hydrogen-bond donors (Lipinski definition) is 1. The molecule has 0 atom stereocenters. The minimum atomic E-state index is -3.74. The lowest BCUT2D eigenvalue weighted by molar-refractivity contribution is 0.254. The standard InChI is InChI=1S/C16H14ClN3O3S/c17-13-5-3-4-12(10-13)11-18-20(8-9-21)16-14-6-1-2-7-15(14)24(22,23)19-16/h1-7,10-11,21H,8-9H2/b18-11+. The van der Waals surface area contributed by atoms with Gasteiger partial charge in [-0.25, -0.2) is 5.01 Å². The van der Waals surface area contributed by atoms with Gasteiger partial charge in [0.05, 0.1) is 19.4 Å². The molecule has 0 unspecified atom stereocenters. The normalized spacial score (nSPS) is 15.3. The Kier molecular flexibility index (Phi) is 4.66. The Bertz CT molecular complexity index is 926. The van der Waals surface area contributed by atoms with Crippen LogP contribution in [0.3, 0.4) is 0 Å². The third-order valence-electron chi connectivity index (χ3n) is 3.36. The van der Waals surface area contributed by atoms with E-state index in [1.54, 1.807) is 36.4 Å². The average molecular weight is 364 g/mol. The van der Waals surface area contributed by atoms with E-state index in [2.05, 4.69) is 9.50 Å². The number of hydrazone groups is 1. The summed E-state index contributed by atoms with van der Waals surface area (Å²) in [6, 6.07) is 13.6. The lowest BCUT2D eigenvalue weighted by Crippen LogP contribution is -2.28. The molecule has 1 aliphatic rings. The van der Waals surface area contributed by atoms with E-state index in [1.165, 1.54) is 17.3 Å². The summed E-state index contributed by atoms with van der Waals surface area (Å²) in [5, 5.41) is 15.5. The van der Waals surface area contributed by atoms with E-state index >= 15 is 0 Å². The predicted molar refractivity (Wildman–Crippen MR) is 93.0 cm³/mol. The zero-order chi connectivity index (χ0) is 17.2. The van der Waals surface area contributed by atoms with Crippen molar-refractivity contribution in [2.75, 3.05) is 13.2 Å². The summed E-state index contributed by atoms with van der Waals surface area (Å²) in [4.78, 5) is 0.140. The van der Waals surface area contributed by atoms with Gasteiger partial charge in [-0.2, -0.15) is 13.5 Å². The van der Waals surface area contributed by atoms with E-state index in [0.717, 1.165) is 5.56 Å². The van der Waals surface area contributed by atoms with E-state index in [9.17, 15) is 13.5 Å². The highest BCUT2D eigenvalue weighted by Gasteiger charge is 2.31. The number of sulfonamides is 1. The maximum Gasteiger partial charge on any atom is 0.285 e. The van der Waals surface area contributed by atoms with Gasteiger partial charge in [0.15, 0.2) is 5.84 Å². The number of amidine groups is 1. The number of fused-ring (bicyclic) bond motifs is 1. The Morgan fingerprint density at radius 2 is 2.00 bits per heavy atom. The van der Waals surface area contributed by atoms with Crippen LogP contribution in [0.25, 0.3) is 0 Å². The van der Waals surface area contributed by atoms with Crippen molar-refractivity contribution in [2.24, 2.45) is 9.50 Å². The summed E-state index contributed by atoms with van der Waals surface area (Å²) >= 11 is 5.93. The van der Waals surface area contributed by atoms with E-state index in [1.807, 2.05) is 6.07 Å². The van der Waals surface area contributed by atoms with E-state index in [4.69, 9.17) is 11.6 Å². The van der Waals surface area contributed by atoms with Crippen LogP contribution >= 0.6 is 11.6 Å². The zero-order valence-electron chi connectivity index (χ0n) is 12.5. The molecule has 0 amide bonds. The van der Waals surface area contributed by atoms with Crippen LogP contribution in [-0.2, 0) is 10.0 Å². The SMILES string of the molecule is O=S1(=O)N=C(N(CCO)/N=C/c2cccc(Cl)c2)c2ccccc21. The molecule has 0 spiro atoms. The number of nitrogens with zero attached hydrogens (tertiary/aromatic N) is 3. The van der Waals surface area contributed by atoms with Crippen molar-refractivity contribution in [3.05, 3.63) is 64.7 Å². The van der Waals surface area contributed by atoms with Gasteiger partial charge in [-0.1, -0.05) is 35.9 Å². The molecule has 1 aliphatic heterocycles. The molecule has 124 valence electrons. The van der Waals surface area contributed by atoms with Crippen molar-refractivity contribution in [2.45, 2.75) is 4.90 Å². The molecule has 8 heteroatoms. The summed E-state index contributed by atoms with van der Waals surface area (Å²) in [6.07, 6.45) is 1.54. The molecule has 0 saturated heterocycles. The second kappa shape index (κ2) is 6.72. The molecular formula is C16H14ClN3O3S. The molecule has 0 radical (unpaired) electrons. The molecule has 0 saturated carbocycles. The molecule has 0 aromatic heterocycles. The molecule has 6 nitrogen and oxygen atoms in total. The van der Waals surface area contributed by atoms with Gasteiger partial charge in [-0.15, -0.1) is 4.40 Å². The predicted octanol–water partition coefficient (Wildman–Crippen LogP) is 2.12. The summed E-state index contributed by atoms with van der Waals surface area (Å²) < 4.78 is 28.1. The minimum Gasteiger partial charge on any atom is -0.394 e. The Hall–Kier alpha value is -2.22. The average Bonchev–Trinajstić information content (AvgIpc) is 2.83. The van der Waals surface area contributed by atoms with Crippen LogP contribution in [0, 0.1) is 0 Å². The number of aliphatic hydroxyl groups is 1. The lowest BCUT2D eigenvalue weighted by Gasteiger charge is -2.17. The molecule has 0 bridgehead atoms. The molecule has 1 heterocycles. The number of benzene rings is 2. The maximum atomic E-state index is 12.1. The number of rotatable bonds is 4. The van der Waals surface area contributed by atoms with Crippen LogP contribution < -0.4 is 0 Å². The molecule has 1 N–H and O–H groups in total. The Labute approximate surface area is 144 Å². The lowest BCUT2D eigenvalue weighted by atomic mass is 10.2. The van der Waals surface area contributed by atoms with Crippen LogP contribution in [0.4, 0.5) is 0 Å². The fourth-order valence-corrected chi connectivity index (χ4v) is 3.72. The van der Waals surface area contributed by atoms with Crippen molar-refractivity contribution < 1.29 is 13.5 Å². The molecule has 3 rings (SSSR count). The highest BCUT2D eigenvalue weighted by Crippen LogP contribution is 2.27. The van der Waals surface area contributed by atoms with Gasteiger partial charge in [-0.05, 0) is 29.8 Å². The van der Waals surface area contributed by atoms with Crippen LogP contribution in [0.2, 0.25) is 5.02 Å². The fourth-order valence-electron chi connectivity index (χ4n) is 2.31. The van der Waals surface area contributed by atoms with Crippen LogP contribution in [0.5, 0.6) is 0 Å². The van der Waals surface area contributed by atoms with Crippen molar-refractivity contribution in [1.29, 1.82) is 0 Å². The van der Waals surface area contributed by atoms with Crippen LogP contribution in [-0.4, -0.2) is 43.7 Å². The third-order valence-corrected chi connectivity index (χ3v) is 4.92. The maximum absolute atomic E-state index is 12.1. The van der Waals surface area contributed by atoms with Gasteiger partial charge >= 0.3 is 0 Å². The number of aliphatic hydroxyl groups excluding tert-OH is 1. The molecule has 2 aromatic carbocycles. The Morgan fingerprint density at radius 1 is 1.21 bits per heavy atom. The molecular weight excluding hydrogens is 350 g/mol. The van der Waals surface area contributed by atoms with Crippen LogP contribution in [0.15, 0.2) is 62.9 Å². The highest BCUT2D eigenvalue weighted by atomic mass is 35.5. The smallest absolute Gasteiger partial charge is 0.285 e. The zero-order valence-corrected chi connectivity index (χ0v) is 14.1. The Morgan fingerprint density at radius 3 is 2.75 bits per heavy atom. The molecule has 2 aromatic rings. The number of halogens is 1. The monoisotopic (exact) mass is 363 g/mol. The first-order valence-corrected chi connectivity index (χ1v) is 8.95. The first-order valence-electron chi connectivity index (χ1n) is 7.13. The third kappa shape index (κ3) is 3.33. The van der Waals surface area contributed by atoms with Crippen molar-refractivity contribution in [3.63, 3.8) is 0 Å². The number of hydrogen-bond acceptors (Lipinski definition) is 5. The second-order valence-corrected chi connectivity index (χ2v) is 7.04. The summed E-state index contributed by atoms with van der Waals surface area (Å²) in [5.41, 5.74) is 1.22. The fraction of sp³-hybridized carbons (Fsp3) is 0.125. The van der Waals surface area contributed by atoms with E-state index in [-0.39, 0.29) is 23.9 Å². The summed E-state index contributed by atoms with van der Waals surface area (Å²) in [5.74, 6) is 0.193. The van der Waals surface area contributed by atoms with Gasteiger partial charge in [0.2, 0.25) is 0 Å². The highest BCUT2D eigenvalue weighted by molar-refractivity contribution is 7.90. The largest absolute Gasteiger partial charge is 0.394 e. The van der Waals surface area contributed by atoms with Gasteiger partial charge in [0, 0.05) is 10.6 Å². The summed E-state index contributed by atoms with van der Waals surface area (Å²) in [6.45, 7) is -0.0894. The van der Waals surface area contributed by atoms with Gasteiger partial charge in [-0.3, -0.25) is 0 Å². The van der Waals surface area contributed by atoms with Crippen molar-refractivity contribution in [3.8, 4) is 0 Å². The summed E-state index contributed by atoms with van der Waals surface area (Å²) in [7, 11) is -3.74. The van der Waals surface area contributed by atoms with E-state index in [0.29, 0.717) is 10.6 Å². The topological polar surface area (TPSA) is 82.3 Å². The minimum absolute atomic E-state index is 0.111. The van der Waals surface area contributed by atoms with Crippen molar-refractivity contribution in [1.82, 2.24) is 5.01 Å². The first-order chi connectivity index (χ1) is 11.5. The molecule has 24 heavy (non-hydrogen) atoms. The van der Waals surface area contributed by atoms with Gasteiger partial charge < -0.3 is 5.11 Å². The Balaban J connectivity index is 1.98.